The molecule has 136 valence electrons. The Hall–Kier alpha value is -1.96. The van der Waals surface area contributed by atoms with Crippen molar-refractivity contribution in [1.82, 2.24) is 0 Å². The second-order valence-electron chi connectivity index (χ2n) is 6.53. The fraction of sp³-hybridized carbons (Fsp3) is 0.478. The van der Waals surface area contributed by atoms with Gasteiger partial charge in [-0.05, 0) is 82.3 Å². The highest BCUT2D eigenvalue weighted by Crippen LogP contribution is 2.18. The molecule has 0 aliphatic carbocycles. The molecule has 0 amide bonds. The highest BCUT2D eigenvalue weighted by molar-refractivity contribution is 5.48. The van der Waals surface area contributed by atoms with Crippen LogP contribution < -0.4 is 9.80 Å². The molecule has 0 radical (unpaired) electrons. The van der Waals surface area contributed by atoms with E-state index in [0.29, 0.717) is 0 Å². The zero-order chi connectivity index (χ0) is 18.1. The lowest BCUT2D eigenvalue weighted by atomic mass is 10.0. The molecule has 0 saturated carbocycles. The molecule has 0 spiro atoms. The lowest BCUT2D eigenvalue weighted by molar-refractivity contribution is 0.817. The van der Waals surface area contributed by atoms with Crippen LogP contribution in [0.25, 0.3) is 0 Å². The Morgan fingerprint density at radius 3 is 1.12 bits per heavy atom. The third-order valence-electron chi connectivity index (χ3n) is 5.06. The maximum absolute atomic E-state index is 2.39. The van der Waals surface area contributed by atoms with Crippen molar-refractivity contribution in [3.8, 4) is 0 Å². The zero-order valence-corrected chi connectivity index (χ0v) is 16.5. The van der Waals surface area contributed by atoms with Gasteiger partial charge in [-0.1, -0.05) is 24.3 Å². The molecule has 0 aromatic heterocycles. The van der Waals surface area contributed by atoms with Crippen LogP contribution in [0.3, 0.4) is 0 Å². The number of rotatable bonds is 10. The van der Waals surface area contributed by atoms with E-state index >= 15 is 0 Å². The highest BCUT2D eigenvalue weighted by atomic mass is 15.1. The van der Waals surface area contributed by atoms with Crippen molar-refractivity contribution in [3.05, 3.63) is 59.7 Å². The average Bonchev–Trinajstić information content (AvgIpc) is 2.66. The fourth-order valence-corrected chi connectivity index (χ4v) is 3.42. The predicted octanol–water partition coefficient (Wildman–Crippen LogP) is 5.55. The van der Waals surface area contributed by atoms with Crippen LogP contribution in [-0.4, -0.2) is 26.2 Å². The van der Waals surface area contributed by atoms with Crippen molar-refractivity contribution in [2.75, 3.05) is 36.0 Å². The Morgan fingerprint density at radius 2 is 0.840 bits per heavy atom. The first-order valence-corrected chi connectivity index (χ1v) is 9.89. The van der Waals surface area contributed by atoms with Crippen molar-refractivity contribution in [1.29, 1.82) is 0 Å². The van der Waals surface area contributed by atoms with Crippen LogP contribution in [0.1, 0.15) is 45.2 Å². The summed E-state index contributed by atoms with van der Waals surface area (Å²) in [5.74, 6) is 0. The normalized spacial score (nSPS) is 10.7. The Balaban J connectivity index is 1.84. The van der Waals surface area contributed by atoms with Gasteiger partial charge >= 0.3 is 0 Å². The summed E-state index contributed by atoms with van der Waals surface area (Å²) in [5.41, 5.74) is 5.55. The summed E-state index contributed by atoms with van der Waals surface area (Å²) in [6, 6.07) is 18.2. The molecular weight excluding hydrogens is 304 g/mol. The van der Waals surface area contributed by atoms with Crippen molar-refractivity contribution < 1.29 is 0 Å². The van der Waals surface area contributed by atoms with Gasteiger partial charge in [-0.15, -0.1) is 0 Å². The molecule has 0 bridgehead atoms. The average molecular weight is 339 g/mol. The molecule has 2 rings (SSSR count). The predicted molar refractivity (Wildman–Crippen MR) is 112 cm³/mol. The number of hydrogen-bond acceptors (Lipinski definition) is 2. The van der Waals surface area contributed by atoms with Crippen LogP contribution >= 0.6 is 0 Å². The largest absolute Gasteiger partial charge is 0.372 e. The first kappa shape index (κ1) is 19.4. The summed E-state index contributed by atoms with van der Waals surface area (Å²) in [5, 5.41) is 0. The van der Waals surface area contributed by atoms with Crippen LogP contribution in [-0.2, 0) is 12.8 Å². The van der Waals surface area contributed by atoms with E-state index in [0.717, 1.165) is 39.0 Å². The van der Waals surface area contributed by atoms with Crippen molar-refractivity contribution in [3.63, 3.8) is 0 Å². The first-order valence-electron chi connectivity index (χ1n) is 9.89. The maximum Gasteiger partial charge on any atom is 0.0366 e. The Kier molecular flexibility index (Phi) is 7.84. The summed E-state index contributed by atoms with van der Waals surface area (Å²) < 4.78 is 0. The Labute approximate surface area is 154 Å². The second-order valence-corrected chi connectivity index (χ2v) is 6.53. The third-order valence-corrected chi connectivity index (χ3v) is 5.06. The quantitative estimate of drug-likeness (QED) is 0.560. The van der Waals surface area contributed by atoms with E-state index in [1.165, 1.54) is 28.9 Å². The summed E-state index contributed by atoms with van der Waals surface area (Å²) in [6.45, 7) is 13.1. The topological polar surface area (TPSA) is 6.48 Å². The number of benzene rings is 2. The van der Waals surface area contributed by atoms with Gasteiger partial charge in [0.25, 0.3) is 0 Å². The van der Waals surface area contributed by atoms with Gasteiger partial charge in [-0.3, -0.25) is 0 Å². The second kappa shape index (κ2) is 10.1. The van der Waals surface area contributed by atoms with Crippen LogP contribution in [0.5, 0.6) is 0 Å². The molecule has 0 aliphatic heterocycles. The molecule has 2 aromatic rings. The summed E-state index contributed by atoms with van der Waals surface area (Å²) >= 11 is 0. The fourth-order valence-electron chi connectivity index (χ4n) is 3.42. The van der Waals surface area contributed by atoms with Crippen molar-refractivity contribution >= 4 is 11.4 Å². The summed E-state index contributed by atoms with van der Waals surface area (Å²) in [4.78, 5) is 4.78. The van der Waals surface area contributed by atoms with Crippen LogP contribution in [0.2, 0.25) is 0 Å². The molecule has 0 N–H and O–H groups in total. The molecule has 2 nitrogen and oxygen atoms in total. The summed E-state index contributed by atoms with van der Waals surface area (Å²) in [7, 11) is 0. The molecule has 25 heavy (non-hydrogen) atoms. The van der Waals surface area contributed by atoms with Gasteiger partial charge in [0.05, 0.1) is 0 Å². The molecule has 2 aromatic carbocycles. The standard InChI is InChI=1S/C23H34N2/c1-5-24(6-2)22-16-12-20(13-17-22)10-9-11-21-14-18-23(19-15-21)25(7-3)8-4/h12-19H,5-11H2,1-4H3. The number of hydrogen-bond donors (Lipinski definition) is 0. The van der Waals surface area contributed by atoms with E-state index in [9.17, 15) is 0 Å². The van der Waals surface area contributed by atoms with Crippen molar-refractivity contribution in [2.24, 2.45) is 0 Å². The van der Waals surface area contributed by atoms with Gasteiger partial charge in [-0.2, -0.15) is 0 Å². The Bertz CT molecular complexity index is 537. The Morgan fingerprint density at radius 1 is 0.520 bits per heavy atom. The van der Waals surface area contributed by atoms with E-state index in [-0.39, 0.29) is 0 Å². The minimum absolute atomic E-state index is 1.07. The van der Waals surface area contributed by atoms with Gasteiger partial charge in [0.2, 0.25) is 0 Å². The van der Waals surface area contributed by atoms with E-state index < -0.39 is 0 Å². The number of aryl methyl sites for hydroxylation is 2. The third kappa shape index (κ3) is 5.52. The minimum Gasteiger partial charge on any atom is -0.372 e. The van der Waals surface area contributed by atoms with Crippen molar-refractivity contribution in [2.45, 2.75) is 47.0 Å². The van der Waals surface area contributed by atoms with E-state index in [4.69, 9.17) is 0 Å². The molecule has 0 heterocycles. The zero-order valence-electron chi connectivity index (χ0n) is 16.5. The minimum atomic E-state index is 1.07. The highest BCUT2D eigenvalue weighted by Gasteiger charge is 2.03. The first-order chi connectivity index (χ1) is 12.2. The molecule has 0 saturated heterocycles. The number of nitrogens with zero attached hydrogens (tertiary/aromatic N) is 2. The van der Waals surface area contributed by atoms with E-state index in [1.54, 1.807) is 0 Å². The van der Waals surface area contributed by atoms with Gasteiger partial charge in [0.1, 0.15) is 0 Å². The molecule has 2 heteroatoms. The molecule has 0 fully saturated rings. The molecular formula is C23H34N2. The van der Waals surface area contributed by atoms with Crippen LogP contribution in [0.15, 0.2) is 48.5 Å². The number of anilines is 2. The van der Waals surface area contributed by atoms with Gasteiger partial charge in [0, 0.05) is 37.6 Å². The van der Waals surface area contributed by atoms with E-state index in [1.807, 2.05) is 0 Å². The van der Waals surface area contributed by atoms with Crippen LogP contribution in [0, 0.1) is 0 Å². The molecule has 0 atom stereocenters. The molecule has 0 unspecified atom stereocenters. The van der Waals surface area contributed by atoms with E-state index in [2.05, 4.69) is 86.0 Å². The summed E-state index contributed by atoms with van der Waals surface area (Å²) in [6.07, 6.45) is 3.50. The van der Waals surface area contributed by atoms with Gasteiger partial charge in [-0.25, -0.2) is 0 Å². The lowest BCUT2D eigenvalue weighted by Crippen LogP contribution is -2.21. The van der Waals surface area contributed by atoms with Crippen LogP contribution in [0.4, 0.5) is 11.4 Å². The SMILES string of the molecule is CCN(CC)c1ccc(CCCc2ccc(N(CC)CC)cc2)cc1. The monoisotopic (exact) mass is 338 g/mol. The smallest absolute Gasteiger partial charge is 0.0366 e. The van der Waals surface area contributed by atoms with Gasteiger partial charge < -0.3 is 9.80 Å². The van der Waals surface area contributed by atoms with Gasteiger partial charge in [0.15, 0.2) is 0 Å². The lowest BCUT2D eigenvalue weighted by Gasteiger charge is -2.21. The molecule has 0 aliphatic rings. The maximum atomic E-state index is 2.39.